The molecule has 0 heterocycles. The monoisotopic (exact) mass is 217 g/mol. The molecule has 15 heavy (non-hydrogen) atoms. The van der Waals surface area contributed by atoms with E-state index in [1.54, 1.807) is 14.2 Å². The SMILES string of the molecule is COC1CC[C@@H](CC[C@@H](N)O)C[C@@H]1OC. The number of methoxy groups -OCH3 is 2. The Labute approximate surface area is 91.7 Å². The molecule has 0 saturated heterocycles. The zero-order valence-corrected chi connectivity index (χ0v) is 9.69. The van der Waals surface area contributed by atoms with Crippen molar-refractivity contribution in [3.63, 3.8) is 0 Å². The Hall–Kier alpha value is -0.160. The number of aliphatic hydroxyl groups excluding tert-OH is 1. The van der Waals surface area contributed by atoms with Crippen LogP contribution in [0.25, 0.3) is 0 Å². The highest BCUT2D eigenvalue weighted by atomic mass is 16.5. The van der Waals surface area contributed by atoms with Gasteiger partial charge in [0.25, 0.3) is 0 Å². The summed E-state index contributed by atoms with van der Waals surface area (Å²) in [4.78, 5) is 0. The molecule has 0 aromatic heterocycles. The van der Waals surface area contributed by atoms with Gasteiger partial charge in [0.1, 0.15) is 6.23 Å². The van der Waals surface area contributed by atoms with Crippen molar-refractivity contribution in [2.24, 2.45) is 11.7 Å². The summed E-state index contributed by atoms with van der Waals surface area (Å²) in [7, 11) is 3.47. The third-order valence-electron chi connectivity index (χ3n) is 3.32. The van der Waals surface area contributed by atoms with Crippen LogP contribution in [-0.2, 0) is 9.47 Å². The molecule has 4 heteroatoms. The van der Waals surface area contributed by atoms with E-state index in [-0.39, 0.29) is 12.2 Å². The zero-order chi connectivity index (χ0) is 11.3. The van der Waals surface area contributed by atoms with Crippen molar-refractivity contribution in [2.75, 3.05) is 14.2 Å². The molecule has 0 aromatic rings. The van der Waals surface area contributed by atoms with Gasteiger partial charge in [-0.2, -0.15) is 0 Å². The molecule has 0 bridgehead atoms. The van der Waals surface area contributed by atoms with Gasteiger partial charge in [0.15, 0.2) is 0 Å². The summed E-state index contributed by atoms with van der Waals surface area (Å²) < 4.78 is 10.8. The van der Waals surface area contributed by atoms with E-state index in [0.29, 0.717) is 12.3 Å². The van der Waals surface area contributed by atoms with Gasteiger partial charge in [-0.05, 0) is 38.0 Å². The third-order valence-corrected chi connectivity index (χ3v) is 3.32. The standard InChI is InChI=1S/C11H23NO3/c1-14-9-5-3-8(4-6-11(12)13)7-10(9)15-2/h8-11,13H,3-7,12H2,1-2H3/t8-,9?,10-,11-/m0/s1. The van der Waals surface area contributed by atoms with Gasteiger partial charge in [-0.1, -0.05) is 0 Å². The van der Waals surface area contributed by atoms with Crippen LogP contribution in [0, 0.1) is 5.92 Å². The number of ether oxygens (including phenoxy) is 2. The van der Waals surface area contributed by atoms with Gasteiger partial charge in [-0.3, -0.25) is 0 Å². The normalized spacial score (nSPS) is 34.0. The minimum absolute atomic E-state index is 0.198. The fraction of sp³-hybridized carbons (Fsp3) is 1.00. The molecule has 3 N–H and O–H groups in total. The molecule has 0 spiro atoms. The highest BCUT2D eigenvalue weighted by molar-refractivity contribution is 4.81. The maximum atomic E-state index is 9.03. The first-order valence-corrected chi connectivity index (χ1v) is 5.66. The van der Waals surface area contributed by atoms with Crippen LogP contribution in [0.3, 0.4) is 0 Å². The Bertz CT molecular complexity index is 175. The minimum atomic E-state index is -0.675. The van der Waals surface area contributed by atoms with Crippen molar-refractivity contribution in [1.29, 1.82) is 0 Å². The molecule has 1 unspecified atom stereocenters. The van der Waals surface area contributed by atoms with Crippen LogP contribution in [0.2, 0.25) is 0 Å². The number of aliphatic hydroxyl groups is 1. The molecule has 90 valence electrons. The molecule has 4 nitrogen and oxygen atoms in total. The predicted octanol–water partition coefficient (Wildman–Crippen LogP) is 0.874. The molecule has 1 aliphatic rings. The lowest BCUT2D eigenvalue weighted by atomic mass is 9.82. The van der Waals surface area contributed by atoms with Gasteiger partial charge in [0.05, 0.1) is 12.2 Å². The quantitative estimate of drug-likeness (QED) is 0.671. The van der Waals surface area contributed by atoms with Crippen LogP contribution in [0.1, 0.15) is 32.1 Å². The summed E-state index contributed by atoms with van der Waals surface area (Å²) in [6.45, 7) is 0. The first-order chi connectivity index (χ1) is 7.17. The molecule has 1 saturated carbocycles. The second-order valence-corrected chi connectivity index (χ2v) is 4.37. The van der Waals surface area contributed by atoms with Crippen LogP contribution in [0.5, 0.6) is 0 Å². The van der Waals surface area contributed by atoms with Gasteiger partial charge in [0, 0.05) is 14.2 Å². The van der Waals surface area contributed by atoms with Crippen LogP contribution in [-0.4, -0.2) is 37.8 Å². The lowest BCUT2D eigenvalue weighted by molar-refractivity contribution is -0.0719. The average molecular weight is 217 g/mol. The average Bonchev–Trinajstić information content (AvgIpc) is 2.25. The second kappa shape index (κ2) is 6.43. The molecular weight excluding hydrogens is 194 g/mol. The van der Waals surface area contributed by atoms with Crippen molar-refractivity contribution in [2.45, 2.75) is 50.5 Å². The molecular formula is C11H23NO3. The van der Waals surface area contributed by atoms with Crippen molar-refractivity contribution < 1.29 is 14.6 Å². The summed E-state index contributed by atoms with van der Waals surface area (Å²) in [6, 6.07) is 0. The van der Waals surface area contributed by atoms with E-state index in [1.165, 1.54) is 0 Å². The topological polar surface area (TPSA) is 64.7 Å². The number of nitrogens with two attached hydrogens (primary N) is 1. The number of hydrogen-bond donors (Lipinski definition) is 2. The molecule has 0 radical (unpaired) electrons. The summed E-state index contributed by atoms with van der Waals surface area (Å²) in [5.41, 5.74) is 5.33. The fourth-order valence-electron chi connectivity index (χ4n) is 2.37. The molecule has 1 rings (SSSR count). The van der Waals surface area contributed by atoms with Crippen LogP contribution >= 0.6 is 0 Å². The van der Waals surface area contributed by atoms with E-state index in [4.69, 9.17) is 20.3 Å². The maximum absolute atomic E-state index is 9.03. The fourth-order valence-corrected chi connectivity index (χ4v) is 2.37. The Morgan fingerprint density at radius 1 is 1.27 bits per heavy atom. The van der Waals surface area contributed by atoms with Gasteiger partial charge < -0.3 is 20.3 Å². The summed E-state index contributed by atoms with van der Waals surface area (Å²) in [5, 5.41) is 9.03. The Kier molecular flexibility index (Phi) is 5.53. The highest BCUT2D eigenvalue weighted by Crippen LogP contribution is 2.31. The smallest absolute Gasteiger partial charge is 0.102 e. The minimum Gasteiger partial charge on any atom is -0.379 e. The summed E-state index contributed by atoms with van der Waals surface area (Å²) >= 11 is 0. The summed E-state index contributed by atoms with van der Waals surface area (Å²) in [6.07, 6.45) is 4.61. The van der Waals surface area contributed by atoms with Crippen molar-refractivity contribution in [1.82, 2.24) is 0 Å². The zero-order valence-electron chi connectivity index (χ0n) is 9.69. The Morgan fingerprint density at radius 2 is 1.93 bits per heavy atom. The van der Waals surface area contributed by atoms with E-state index in [1.807, 2.05) is 0 Å². The molecule has 0 aliphatic heterocycles. The van der Waals surface area contributed by atoms with Crippen molar-refractivity contribution in [3.05, 3.63) is 0 Å². The van der Waals surface area contributed by atoms with Gasteiger partial charge >= 0.3 is 0 Å². The van der Waals surface area contributed by atoms with Crippen molar-refractivity contribution >= 4 is 0 Å². The van der Waals surface area contributed by atoms with Gasteiger partial charge in [0.2, 0.25) is 0 Å². The number of rotatable bonds is 5. The molecule has 1 fully saturated rings. The molecule has 0 amide bonds. The molecule has 0 aromatic carbocycles. The van der Waals surface area contributed by atoms with E-state index < -0.39 is 6.23 Å². The predicted molar refractivity (Wildman–Crippen MR) is 58.4 cm³/mol. The van der Waals surface area contributed by atoms with Gasteiger partial charge in [-0.25, -0.2) is 0 Å². The first kappa shape index (κ1) is 12.9. The van der Waals surface area contributed by atoms with E-state index in [2.05, 4.69) is 0 Å². The Balaban J connectivity index is 2.32. The second-order valence-electron chi connectivity index (χ2n) is 4.37. The van der Waals surface area contributed by atoms with E-state index >= 15 is 0 Å². The molecule has 1 aliphatic carbocycles. The van der Waals surface area contributed by atoms with E-state index in [0.717, 1.165) is 25.7 Å². The number of hydrogen-bond acceptors (Lipinski definition) is 4. The van der Waals surface area contributed by atoms with Crippen molar-refractivity contribution in [3.8, 4) is 0 Å². The van der Waals surface area contributed by atoms with Crippen LogP contribution in [0.4, 0.5) is 0 Å². The summed E-state index contributed by atoms with van der Waals surface area (Å²) in [5.74, 6) is 0.611. The van der Waals surface area contributed by atoms with E-state index in [9.17, 15) is 0 Å². The van der Waals surface area contributed by atoms with Gasteiger partial charge in [-0.15, -0.1) is 0 Å². The maximum Gasteiger partial charge on any atom is 0.102 e. The largest absolute Gasteiger partial charge is 0.379 e. The molecule has 4 atom stereocenters. The lowest BCUT2D eigenvalue weighted by Crippen LogP contribution is -2.37. The first-order valence-electron chi connectivity index (χ1n) is 5.66. The Morgan fingerprint density at radius 3 is 2.47 bits per heavy atom. The third kappa shape index (κ3) is 4.07. The lowest BCUT2D eigenvalue weighted by Gasteiger charge is -2.34. The van der Waals surface area contributed by atoms with Crippen LogP contribution < -0.4 is 5.73 Å². The van der Waals surface area contributed by atoms with Crippen LogP contribution in [0.15, 0.2) is 0 Å². The highest BCUT2D eigenvalue weighted by Gasteiger charge is 2.30.